The number of halogens is 1. The molecular formula is C12H14BrN3O. The van der Waals surface area contributed by atoms with E-state index in [4.69, 9.17) is 0 Å². The van der Waals surface area contributed by atoms with Crippen LogP contribution in [0, 0.1) is 0 Å². The summed E-state index contributed by atoms with van der Waals surface area (Å²) < 4.78 is 2.77. The van der Waals surface area contributed by atoms with Crippen molar-refractivity contribution >= 4 is 15.9 Å². The third-order valence-corrected chi connectivity index (χ3v) is 3.02. The monoisotopic (exact) mass is 295 g/mol. The zero-order valence-electron chi connectivity index (χ0n) is 9.76. The second-order valence-electron chi connectivity index (χ2n) is 4.13. The number of aliphatic hydroxyl groups is 1. The van der Waals surface area contributed by atoms with Gasteiger partial charge < -0.3 is 5.11 Å². The van der Waals surface area contributed by atoms with Gasteiger partial charge in [-0.2, -0.15) is 0 Å². The van der Waals surface area contributed by atoms with E-state index in [2.05, 4.69) is 40.1 Å². The van der Waals surface area contributed by atoms with Gasteiger partial charge in [0.25, 0.3) is 0 Å². The molecule has 0 bridgehead atoms. The molecule has 0 saturated carbocycles. The first kappa shape index (κ1) is 12.3. The smallest absolute Gasteiger partial charge is 0.112 e. The molecule has 5 heteroatoms. The molecule has 0 amide bonds. The summed E-state index contributed by atoms with van der Waals surface area (Å²) in [4.78, 5) is 0. The van der Waals surface area contributed by atoms with Crippen LogP contribution in [0.25, 0.3) is 5.69 Å². The van der Waals surface area contributed by atoms with Gasteiger partial charge in [-0.25, -0.2) is 4.68 Å². The van der Waals surface area contributed by atoms with Crippen molar-refractivity contribution in [1.82, 2.24) is 15.0 Å². The van der Waals surface area contributed by atoms with Gasteiger partial charge in [0, 0.05) is 4.47 Å². The summed E-state index contributed by atoms with van der Waals surface area (Å²) in [6.07, 6.45) is 0. The molecule has 0 unspecified atom stereocenters. The van der Waals surface area contributed by atoms with Crippen LogP contribution in [-0.4, -0.2) is 20.1 Å². The minimum atomic E-state index is -0.0818. The highest BCUT2D eigenvalue weighted by molar-refractivity contribution is 9.10. The van der Waals surface area contributed by atoms with Gasteiger partial charge in [-0.1, -0.05) is 41.1 Å². The molecule has 1 aromatic carbocycles. The minimum absolute atomic E-state index is 0.0818. The van der Waals surface area contributed by atoms with Gasteiger partial charge in [-0.15, -0.1) is 5.10 Å². The zero-order chi connectivity index (χ0) is 12.4. The van der Waals surface area contributed by atoms with Crippen molar-refractivity contribution in [1.29, 1.82) is 0 Å². The molecule has 2 aromatic rings. The van der Waals surface area contributed by atoms with Crippen molar-refractivity contribution in [3.63, 3.8) is 0 Å². The maximum Gasteiger partial charge on any atom is 0.112 e. The predicted molar refractivity (Wildman–Crippen MR) is 69.1 cm³/mol. The van der Waals surface area contributed by atoms with E-state index in [0.717, 1.165) is 15.9 Å². The lowest BCUT2D eigenvalue weighted by Gasteiger charge is -2.10. The van der Waals surface area contributed by atoms with E-state index in [-0.39, 0.29) is 12.5 Å². The molecular weight excluding hydrogens is 282 g/mol. The van der Waals surface area contributed by atoms with Crippen LogP contribution >= 0.6 is 15.9 Å². The maximum atomic E-state index is 9.26. The third kappa shape index (κ3) is 2.40. The molecule has 17 heavy (non-hydrogen) atoms. The van der Waals surface area contributed by atoms with Gasteiger partial charge in [-0.3, -0.25) is 0 Å². The highest BCUT2D eigenvalue weighted by Crippen LogP contribution is 2.23. The van der Waals surface area contributed by atoms with Crippen LogP contribution in [-0.2, 0) is 6.61 Å². The molecule has 0 fully saturated rings. The molecule has 0 spiro atoms. The summed E-state index contributed by atoms with van der Waals surface area (Å²) in [7, 11) is 0. The minimum Gasteiger partial charge on any atom is -0.390 e. The van der Waals surface area contributed by atoms with E-state index < -0.39 is 0 Å². The molecule has 1 aromatic heterocycles. The van der Waals surface area contributed by atoms with Crippen LogP contribution in [0.3, 0.4) is 0 Å². The van der Waals surface area contributed by atoms with Gasteiger partial charge in [0.05, 0.1) is 18.0 Å². The van der Waals surface area contributed by atoms with Gasteiger partial charge >= 0.3 is 0 Å². The molecule has 1 heterocycles. The Morgan fingerprint density at radius 1 is 1.41 bits per heavy atom. The van der Waals surface area contributed by atoms with Crippen molar-refractivity contribution in [2.75, 3.05) is 0 Å². The lowest BCUT2D eigenvalue weighted by atomic mass is 10.1. The molecule has 90 valence electrons. The number of hydrogen-bond acceptors (Lipinski definition) is 3. The zero-order valence-corrected chi connectivity index (χ0v) is 11.3. The van der Waals surface area contributed by atoms with E-state index in [1.165, 1.54) is 0 Å². The number of aliphatic hydroxyl groups excluding tert-OH is 1. The summed E-state index contributed by atoms with van der Waals surface area (Å²) in [5, 5.41) is 17.4. The molecule has 0 aliphatic heterocycles. The molecule has 0 saturated heterocycles. The Bertz CT molecular complexity index is 522. The number of nitrogens with zero attached hydrogens (tertiary/aromatic N) is 3. The Morgan fingerprint density at radius 3 is 2.76 bits per heavy atom. The topological polar surface area (TPSA) is 50.9 Å². The molecule has 0 aliphatic carbocycles. The van der Waals surface area contributed by atoms with E-state index in [9.17, 15) is 5.11 Å². The van der Waals surface area contributed by atoms with Gasteiger partial charge in [0.1, 0.15) is 5.69 Å². The number of rotatable bonds is 3. The van der Waals surface area contributed by atoms with Crippen molar-refractivity contribution < 1.29 is 5.11 Å². The summed E-state index contributed by atoms with van der Waals surface area (Å²) in [5.41, 5.74) is 2.53. The lowest BCUT2D eigenvalue weighted by molar-refractivity contribution is 0.275. The summed E-state index contributed by atoms with van der Waals surface area (Å²) in [6, 6.07) is 7.85. The second-order valence-corrected chi connectivity index (χ2v) is 5.04. The molecule has 0 radical (unpaired) electrons. The van der Waals surface area contributed by atoms with Crippen LogP contribution < -0.4 is 0 Å². The fraction of sp³-hybridized carbons (Fsp3) is 0.333. The fourth-order valence-electron chi connectivity index (χ4n) is 1.81. The van der Waals surface area contributed by atoms with E-state index in [1.54, 1.807) is 4.68 Å². The average Bonchev–Trinajstić information content (AvgIpc) is 2.72. The Kier molecular flexibility index (Phi) is 3.59. The first-order valence-corrected chi connectivity index (χ1v) is 6.24. The van der Waals surface area contributed by atoms with E-state index >= 15 is 0 Å². The van der Waals surface area contributed by atoms with Crippen molar-refractivity contribution in [2.24, 2.45) is 0 Å². The van der Waals surface area contributed by atoms with Crippen molar-refractivity contribution in [3.05, 3.63) is 40.1 Å². The first-order valence-electron chi connectivity index (χ1n) is 5.44. The largest absolute Gasteiger partial charge is 0.390 e. The molecule has 1 N–H and O–H groups in total. The quantitative estimate of drug-likeness (QED) is 0.947. The molecule has 2 rings (SSSR count). The Morgan fingerprint density at radius 2 is 2.18 bits per heavy atom. The van der Waals surface area contributed by atoms with Crippen molar-refractivity contribution in [2.45, 2.75) is 26.4 Å². The maximum absolute atomic E-state index is 9.26. The van der Waals surface area contributed by atoms with Crippen LogP contribution in [0.4, 0.5) is 0 Å². The first-order chi connectivity index (χ1) is 8.13. The van der Waals surface area contributed by atoms with E-state index in [0.29, 0.717) is 5.69 Å². The van der Waals surface area contributed by atoms with Crippen molar-refractivity contribution in [3.8, 4) is 5.69 Å². The normalized spacial score (nSPS) is 11.1. The molecule has 0 atom stereocenters. The van der Waals surface area contributed by atoms with Crippen LogP contribution in [0.1, 0.15) is 31.2 Å². The molecule has 0 aliphatic rings. The van der Waals surface area contributed by atoms with Crippen LogP contribution in [0.5, 0.6) is 0 Å². The Balaban J connectivity index is 2.56. The highest BCUT2D eigenvalue weighted by atomic mass is 79.9. The van der Waals surface area contributed by atoms with Crippen LogP contribution in [0.2, 0.25) is 0 Å². The SMILES string of the molecule is CC(C)c1c(CO)nnn1-c1cccc(Br)c1. The lowest BCUT2D eigenvalue weighted by Crippen LogP contribution is -2.05. The number of aromatic nitrogens is 3. The van der Waals surface area contributed by atoms with Gasteiger partial charge in [-0.05, 0) is 24.1 Å². The standard InChI is InChI=1S/C12H14BrN3O/c1-8(2)12-11(7-17)14-15-16(12)10-5-3-4-9(13)6-10/h3-6,8,17H,7H2,1-2H3. The second kappa shape index (κ2) is 4.98. The van der Waals surface area contributed by atoms with E-state index in [1.807, 2.05) is 24.3 Å². The van der Waals surface area contributed by atoms with Crippen LogP contribution in [0.15, 0.2) is 28.7 Å². The summed E-state index contributed by atoms with van der Waals surface area (Å²) in [5.74, 6) is 0.256. The summed E-state index contributed by atoms with van der Waals surface area (Å²) >= 11 is 3.43. The fourth-order valence-corrected chi connectivity index (χ4v) is 2.20. The predicted octanol–water partition coefficient (Wildman–Crippen LogP) is 2.65. The van der Waals surface area contributed by atoms with Gasteiger partial charge in [0.15, 0.2) is 0 Å². The summed E-state index contributed by atoms with van der Waals surface area (Å²) in [6.45, 7) is 4.04. The van der Waals surface area contributed by atoms with Gasteiger partial charge in [0.2, 0.25) is 0 Å². The number of benzene rings is 1. The third-order valence-electron chi connectivity index (χ3n) is 2.53. The Hall–Kier alpha value is -1.20. The Labute approximate surface area is 108 Å². The highest BCUT2D eigenvalue weighted by Gasteiger charge is 2.16. The average molecular weight is 296 g/mol. The number of hydrogen-bond donors (Lipinski definition) is 1. The molecule has 4 nitrogen and oxygen atoms in total.